The standard InChI is InChI=1S/C7H12N2O2/c1-9-7(4-10)3-6(8)5-11-2/h3-4H,5,8H2,1-2H3/b6-3-,9-7?. The lowest BCUT2D eigenvalue weighted by Gasteiger charge is -1.96. The summed E-state index contributed by atoms with van der Waals surface area (Å²) in [5.74, 6) is 0. The molecule has 2 N–H and O–H groups in total. The van der Waals surface area contributed by atoms with E-state index in [1.807, 2.05) is 0 Å². The summed E-state index contributed by atoms with van der Waals surface area (Å²) in [6.45, 7) is 0.312. The Balaban J connectivity index is 4.15. The number of nitrogens with zero attached hydrogens (tertiary/aromatic N) is 1. The largest absolute Gasteiger partial charge is 0.400 e. The van der Waals surface area contributed by atoms with Gasteiger partial charge in [-0.1, -0.05) is 0 Å². The van der Waals surface area contributed by atoms with E-state index in [1.165, 1.54) is 20.2 Å². The van der Waals surface area contributed by atoms with Crippen LogP contribution in [0.5, 0.6) is 0 Å². The average molecular weight is 156 g/mol. The van der Waals surface area contributed by atoms with Gasteiger partial charge in [0.2, 0.25) is 0 Å². The van der Waals surface area contributed by atoms with E-state index in [4.69, 9.17) is 10.5 Å². The van der Waals surface area contributed by atoms with Crippen molar-refractivity contribution in [3.05, 3.63) is 11.8 Å². The minimum atomic E-state index is 0.312. The van der Waals surface area contributed by atoms with Gasteiger partial charge in [-0.15, -0.1) is 0 Å². The van der Waals surface area contributed by atoms with Crippen LogP contribution in [0.4, 0.5) is 0 Å². The maximum Gasteiger partial charge on any atom is 0.168 e. The molecule has 0 amide bonds. The van der Waals surface area contributed by atoms with Crippen molar-refractivity contribution in [3.63, 3.8) is 0 Å². The summed E-state index contributed by atoms with van der Waals surface area (Å²) in [4.78, 5) is 13.9. The van der Waals surface area contributed by atoms with Gasteiger partial charge in [0.15, 0.2) is 6.29 Å². The molecule has 0 rings (SSSR count). The fraction of sp³-hybridized carbons (Fsp3) is 0.429. The van der Waals surface area contributed by atoms with Gasteiger partial charge in [0.25, 0.3) is 0 Å². The Kier molecular flexibility index (Phi) is 5.02. The van der Waals surface area contributed by atoms with Crippen molar-refractivity contribution in [1.82, 2.24) is 0 Å². The monoisotopic (exact) mass is 156 g/mol. The molecule has 0 aliphatic heterocycles. The number of hydrogen-bond acceptors (Lipinski definition) is 4. The zero-order valence-electron chi connectivity index (χ0n) is 6.70. The fourth-order valence-electron chi connectivity index (χ4n) is 0.550. The van der Waals surface area contributed by atoms with E-state index in [0.717, 1.165) is 0 Å². The van der Waals surface area contributed by atoms with Gasteiger partial charge in [-0.05, 0) is 6.08 Å². The molecule has 0 atom stereocenters. The number of carbonyl (C=O) groups excluding carboxylic acids is 1. The third-order valence-corrected chi connectivity index (χ3v) is 1.02. The molecule has 0 saturated carbocycles. The van der Waals surface area contributed by atoms with Crippen molar-refractivity contribution in [2.24, 2.45) is 10.7 Å². The first kappa shape index (κ1) is 9.84. The van der Waals surface area contributed by atoms with Crippen LogP contribution in [-0.2, 0) is 9.53 Å². The number of methoxy groups -OCH3 is 1. The summed E-state index contributed by atoms with van der Waals surface area (Å²) in [5.41, 5.74) is 6.24. The fourth-order valence-corrected chi connectivity index (χ4v) is 0.550. The molecule has 0 aliphatic carbocycles. The second kappa shape index (κ2) is 5.61. The van der Waals surface area contributed by atoms with Gasteiger partial charge < -0.3 is 10.5 Å². The minimum Gasteiger partial charge on any atom is -0.400 e. The molecule has 4 nitrogen and oxygen atoms in total. The Bertz CT molecular complexity index is 185. The van der Waals surface area contributed by atoms with Crippen LogP contribution in [0.15, 0.2) is 16.8 Å². The highest BCUT2D eigenvalue weighted by Gasteiger charge is 1.92. The van der Waals surface area contributed by atoms with Crippen LogP contribution in [0.3, 0.4) is 0 Å². The third-order valence-electron chi connectivity index (χ3n) is 1.02. The van der Waals surface area contributed by atoms with Crippen molar-refractivity contribution in [3.8, 4) is 0 Å². The molecule has 0 saturated heterocycles. The third kappa shape index (κ3) is 4.27. The highest BCUT2D eigenvalue weighted by atomic mass is 16.5. The molecule has 62 valence electrons. The summed E-state index contributed by atoms with van der Waals surface area (Å²) < 4.78 is 4.73. The van der Waals surface area contributed by atoms with Gasteiger partial charge in [-0.25, -0.2) is 0 Å². The number of aliphatic imine (C=N–C) groups is 1. The number of allylic oxidation sites excluding steroid dienone is 1. The molecule has 0 aromatic carbocycles. The van der Waals surface area contributed by atoms with Gasteiger partial charge in [-0.3, -0.25) is 9.79 Å². The molecule has 0 spiro atoms. The smallest absolute Gasteiger partial charge is 0.168 e. The molecule has 0 fully saturated rings. The Hall–Kier alpha value is -1.16. The maximum atomic E-state index is 10.2. The van der Waals surface area contributed by atoms with E-state index in [-0.39, 0.29) is 0 Å². The van der Waals surface area contributed by atoms with E-state index >= 15 is 0 Å². The van der Waals surface area contributed by atoms with Crippen LogP contribution < -0.4 is 5.73 Å². The van der Waals surface area contributed by atoms with Crippen LogP contribution >= 0.6 is 0 Å². The van der Waals surface area contributed by atoms with Crippen molar-refractivity contribution in [1.29, 1.82) is 0 Å². The van der Waals surface area contributed by atoms with E-state index in [1.54, 1.807) is 0 Å². The van der Waals surface area contributed by atoms with E-state index < -0.39 is 0 Å². The van der Waals surface area contributed by atoms with E-state index in [9.17, 15) is 4.79 Å². The van der Waals surface area contributed by atoms with Gasteiger partial charge in [-0.2, -0.15) is 0 Å². The average Bonchev–Trinajstić information content (AvgIpc) is 2.01. The number of aldehydes is 1. The number of nitrogens with two attached hydrogens (primary N) is 1. The Morgan fingerprint density at radius 2 is 2.36 bits per heavy atom. The number of ether oxygens (including phenoxy) is 1. The molecule has 0 aromatic rings. The molecule has 0 bridgehead atoms. The molecule has 0 radical (unpaired) electrons. The zero-order chi connectivity index (χ0) is 8.69. The molecule has 0 aliphatic rings. The summed E-state index contributed by atoms with van der Waals surface area (Å²) >= 11 is 0. The van der Waals surface area contributed by atoms with Crippen LogP contribution in [0, 0.1) is 0 Å². The zero-order valence-corrected chi connectivity index (χ0v) is 6.70. The lowest BCUT2D eigenvalue weighted by atomic mass is 10.3. The second-order valence-electron chi connectivity index (χ2n) is 1.92. The predicted molar refractivity (Wildman–Crippen MR) is 43.6 cm³/mol. The molecule has 0 aromatic heterocycles. The summed E-state index contributed by atoms with van der Waals surface area (Å²) in [6, 6.07) is 0. The van der Waals surface area contributed by atoms with Gasteiger partial charge >= 0.3 is 0 Å². The number of hydrogen-bond donors (Lipinski definition) is 1. The molecular formula is C7H12N2O2. The summed E-state index contributed by atoms with van der Waals surface area (Å²) in [7, 11) is 3.06. The topological polar surface area (TPSA) is 64.7 Å². The Morgan fingerprint density at radius 1 is 1.73 bits per heavy atom. The molecule has 11 heavy (non-hydrogen) atoms. The minimum absolute atomic E-state index is 0.312. The molecule has 4 heteroatoms. The second-order valence-corrected chi connectivity index (χ2v) is 1.92. The van der Waals surface area contributed by atoms with Gasteiger partial charge in [0.1, 0.15) is 0 Å². The lowest BCUT2D eigenvalue weighted by Crippen LogP contribution is -2.08. The van der Waals surface area contributed by atoms with Crippen LogP contribution in [0.1, 0.15) is 0 Å². The number of carbonyl (C=O) groups is 1. The van der Waals surface area contributed by atoms with Crippen molar-refractivity contribution in [2.45, 2.75) is 0 Å². The van der Waals surface area contributed by atoms with Crippen molar-refractivity contribution in [2.75, 3.05) is 20.8 Å². The van der Waals surface area contributed by atoms with Crippen LogP contribution in [0.2, 0.25) is 0 Å². The van der Waals surface area contributed by atoms with E-state index in [0.29, 0.717) is 24.3 Å². The first-order valence-electron chi connectivity index (χ1n) is 3.11. The highest BCUT2D eigenvalue weighted by Crippen LogP contribution is 1.85. The van der Waals surface area contributed by atoms with Crippen molar-refractivity contribution < 1.29 is 9.53 Å². The Labute approximate surface area is 65.7 Å². The number of rotatable bonds is 4. The predicted octanol–water partition coefficient (Wildman–Crippen LogP) is -0.255. The summed E-state index contributed by atoms with van der Waals surface area (Å²) in [5, 5.41) is 0. The van der Waals surface area contributed by atoms with Crippen LogP contribution in [0.25, 0.3) is 0 Å². The van der Waals surface area contributed by atoms with Crippen LogP contribution in [-0.4, -0.2) is 32.8 Å². The molecule has 0 unspecified atom stereocenters. The first-order chi connectivity index (χ1) is 5.24. The highest BCUT2D eigenvalue weighted by molar-refractivity contribution is 6.33. The quantitative estimate of drug-likeness (QED) is 0.450. The van der Waals surface area contributed by atoms with Gasteiger partial charge in [0, 0.05) is 19.9 Å². The van der Waals surface area contributed by atoms with E-state index in [2.05, 4.69) is 4.99 Å². The van der Waals surface area contributed by atoms with Gasteiger partial charge in [0.05, 0.1) is 12.3 Å². The first-order valence-corrected chi connectivity index (χ1v) is 3.11. The normalized spacial score (nSPS) is 13.3. The maximum absolute atomic E-state index is 10.2. The Morgan fingerprint density at radius 3 is 2.73 bits per heavy atom. The molecular weight excluding hydrogens is 144 g/mol. The summed E-state index contributed by atoms with van der Waals surface area (Å²) in [6.07, 6.45) is 2.12. The SMILES string of the molecule is CN=C(C=O)/C=C(\N)COC. The van der Waals surface area contributed by atoms with Crippen molar-refractivity contribution >= 4 is 12.0 Å². The molecule has 0 heterocycles. The lowest BCUT2D eigenvalue weighted by molar-refractivity contribution is -0.102.